The van der Waals surface area contributed by atoms with Crippen molar-refractivity contribution in [2.24, 2.45) is 5.84 Å². The van der Waals surface area contributed by atoms with E-state index in [1.807, 2.05) is 59.5 Å². The number of nitrogens with two attached hydrogens (primary N) is 1. The van der Waals surface area contributed by atoms with E-state index in [1.165, 1.54) is 6.07 Å². The number of rotatable bonds is 5. The van der Waals surface area contributed by atoms with Gasteiger partial charge in [-0.05, 0) is 53.8 Å². The van der Waals surface area contributed by atoms with E-state index in [9.17, 15) is 13.2 Å². The van der Waals surface area contributed by atoms with E-state index in [4.69, 9.17) is 5.84 Å². The maximum Gasteiger partial charge on any atom is 0.416 e. The van der Waals surface area contributed by atoms with Crippen molar-refractivity contribution < 1.29 is 17.6 Å². The minimum Gasteiger partial charge on any atom is -0.296 e. The zero-order valence-corrected chi connectivity index (χ0v) is 21.6. The van der Waals surface area contributed by atoms with E-state index in [1.54, 1.807) is 35.3 Å². The lowest BCUT2D eigenvalue weighted by Gasteiger charge is -2.32. The van der Waals surface area contributed by atoms with Gasteiger partial charge in [0, 0.05) is 38.3 Å². The quantitative estimate of drug-likeness (QED) is 0.243. The van der Waals surface area contributed by atoms with Crippen LogP contribution in [0.25, 0.3) is 0 Å². The highest BCUT2D eigenvalue weighted by atomic mass is 19.4. The van der Waals surface area contributed by atoms with E-state index in [2.05, 4.69) is 11.8 Å². The van der Waals surface area contributed by atoms with Crippen molar-refractivity contribution in [2.75, 3.05) is 26.2 Å². The Labute approximate surface area is 227 Å². The highest BCUT2D eigenvalue weighted by Crippen LogP contribution is 2.34. The van der Waals surface area contributed by atoms with Gasteiger partial charge in [-0.25, -0.2) is 9.40 Å². The molecule has 0 radical (unpaired) electrons. The van der Waals surface area contributed by atoms with Crippen LogP contribution in [0.1, 0.15) is 33.4 Å². The van der Waals surface area contributed by atoms with E-state index in [-0.39, 0.29) is 30.5 Å². The molecule has 1 heterocycles. The number of nitrogens with zero attached hydrogens (tertiary/aromatic N) is 2. The molecule has 0 bridgehead atoms. The molecule has 0 spiro atoms. The molecular weight excluding hydrogens is 502 g/mol. The minimum atomic E-state index is -4.47. The van der Waals surface area contributed by atoms with E-state index < -0.39 is 17.6 Å². The molecule has 0 aromatic heterocycles. The Kier molecular flexibility index (Phi) is 9.72. The molecule has 1 fully saturated rings. The average Bonchev–Trinajstić information content (AvgIpc) is 2.92. The average molecular weight is 534 g/mol. The van der Waals surface area contributed by atoms with Crippen LogP contribution in [0.3, 0.4) is 0 Å². The van der Waals surface area contributed by atoms with Gasteiger partial charge < -0.3 is 0 Å². The van der Waals surface area contributed by atoms with Gasteiger partial charge >= 0.3 is 6.18 Å². The van der Waals surface area contributed by atoms with Gasteiger partial charge in [-0.2, -0.15) is 13.2 Å². The molecule has 0 atom stereocenters. The molecule has 3 aromatic carbocycles. The molecular formula is C32H31F4N3. The molecule has 1 aliphatic rings. The summed E-state index contributed by atoms with van der Waals surface area (Å²) in [6.07, 6.45) is -3.93. The summed E-state index contributed by atoms with van der Waals surface area (Å²) in [6.45, 7) is 2.69. The van der Waals surface area contributed by atoms with Gasteiger partial charge in [-0.1, -0.05) is 78.6 Å². The zero-order valence-electron chi connectivity index (χ0n) is 21.6. The Morgan fingerprint density at radius 1 is 0.718 bits per heavy atom. The van der Waals surface area contributed by atoms with Crippen molar-refractivity contribution in [2.45, 2.75) is 25.6 Å². The van der Waals surface area contributed by atoms with E-state index >= 15 is 4.39 Å². The van der Waals surface area contributed by atoms with Gasteiger partial charge in [0.1, 0.15) is 5.82 Å². The third-order valence-electron chi connectivity index (χ3n) is 6.60. The van der Waals surface area contributed by atoms with Crippen molar-refractivity contribution in [3.63, 3.8) is 0 Å². The van der Waals surface area contributed by atoms with Gasteiger partial charge in [-0.3, -0.25) is 10.7 Å². The van der Waals surface area contributed by atoms with Gasteiger partial charge in [-0.15, -0.1) is 0 Å². The Balaban J connectivity index is 1.50. The fourth-order valence-electron chi connectivity index (χ4n) is 4.41. The molecule has 4 rings (SSSR count). The smallest absolute Gasteiger partial charge is 0.296 e. The Morgan fingerprint density at radius 2 is 1.38 bits per heavy atom. The maximum atomic E-state index is 15.2. The Hall–Kier alpha value is -3.70. The van der Waals surface area contributed by atoms with Crippen LogP contribution in [0.15, 0.2) is 91.0 Å². The molecule has 1 aliphatic heterocycles. The summed E-state index contributed by atoms with van der Waals surface area (Å²) in [4.78, 5) is 1.98. The minimum absolute atomic E-state index is 0.215. The van der Waals surface area contributed by atoms with Crippen LogP contribution in [0.5, 0.6) is 0 Å². The summed E-state index contributed by atoms with van der Waals surface area (Å²) in [7, 11) is 0. The van der Waals surface area contributed by atoms with Crippen molar-refractivity contribution in [3.05, 3.63) is 130 Å². The summed E-state index contributed by atoms with van der Waals surface area (Å²) in [5.74, 6) is 11.2. The molecule has 3 aromatic rings. The highest BCUT2D eigenvalue weighted by molar-refractivity contribution is 5.44. The molecule has 1 saturated heterocycles. The van der Waals surface area contributed by atoms with Gasteiger partial charge in [0.2, 0.25) is 0 Å². The zero-order chi connectivity index (χ0) is 27.7. The van der Waals surface area contributed by atoms with E-state index in [0.717, 1.165) is 5.56 Å². The van der Waals surface area contributed by atoms with Crippen LogP contribution in [0.4, 0.5) is 17.6 Å². The molecule has 0 unspecified atom stereocenters. The lowest BCUT2D eigenvalue weighted by atomic mass is 9.97. The third-order valence-corrected chi connectivity index (χ3v) is 6.60. The number of hydrogen-bond acceptors (Lipinski definition) is 3. The van der Waals surface area contributed by atoms with Crippen LogP contribution in [0.2, 0.25) is 0 Å². The van der Waals surface area contributed by atoms with Gasteiger partial charge in [0.05, 0.1) is 11.1 Å². The van der Waals surface area contributed by atoms with Crippen molar-refractivity contribution in [1.29, 1.82) is 0 Å². The molecule has 202 valence electrons. The SMILES string of the molecule is NN1CCN(Cc2ccc(CCc3cccc(C#Cc4ccccccccc4)c3F)cc2C(F)(F)F)CC1. The monoisotopic (exact) mass is 533 g/mol. The van der Waals surface area contributed by atoms with Crippen molar-refractivity contribution >= 4 is 0 Å². The summed E-state index contributed by atoms with van der Waals surface area (Å²) in [5.41, 5.74) is 1.51. The first-order chi connectivity index (χ1) is 18.8. The Morgan fingerprint density at radius 3 is 2.05 bits per heavy atom. The first kappa shape index (κ1) is 28.3. The van der Waals surface area contributed by atoms with Crippen LogP contribution in [0, 0.1) is 17.7 Å². The number of halogens is 4. The van der Waals surface area contributed by atoms with Crippen molar-refractivity contribution in [1.82, 2.24) is 9.91 Å². The second-order valence-corrected chi connectivity index (χ2v) is 9.47. The normalized spacial score (nSPS) is 14.3. The number of piperazine rings is 1. The summed E-state index contributed by atoms with van der Waals surface area (Å²) in [5, 5.41) is 1.67. The molecule has 7 heteroatoms. The molecule has 2 N–H and O–H groups in total. The molecule has 39 heavy (non-hydrogen) atoms. The summed E-state index contributed by atoms with van der Waals surface area (Å²) < 4.78 is 57.0. The summed E-state index contributed by atoms with van der Waals surface area (Å²) >= 11 is 0. The molecule has 0 amide bonds. The van der Waals surface area contributed by atoms with Gasteiger partial charge in [0.15, 0.2) is 0 Å². The largest absolute Gasteiger partial charge is 0.416 e. The van der Waals surface area contributed by atoms with Crippen LogP contribution < -0.4 is 5.84 Å². The number of benzene rings is 2. The maximum absolute atomic E-state index is 15.2. The second kappa shape index (κ2) is 13.4. The van der Waals surface area contributed by atoms with Crippen LogP contribution >= 0.6 is 0 Å². The fraction of sp³-hybridized carbons (Fsp3) is 0.250. The van der Waals surface area contributed by atoms with Gasteiger partial charge in [0.25, 0.3) is 0 Å². The molecule has 3 nitrogen and oxygen atoms in total. The predicted molar refractivity (Wildman–Crippen MR) is 146 cm³/mol. The number of hydrazine groups is 1. The Bertz CT molecular complexity index is 1360. The van der Waals surface area contributed by atoms with E-state index in [0.29, 0.717) is 37.3 Å². The first-order valence-electron chi connectivity index (χ1n) is 12.9. The second-order valence-electron chi connectivity index (χ2n) is 9.47. The summed E-state index contributed by atoms with van der Waals surface area (Å²) in [6, 6.07) is 26.3. The molecule has 0 saturated carbocycles. The lowest BCUT2D eigenvalue weighted by Crippen LogP contribution is -2.49. The highest BCUT2D eigenvalue weighted by Gasteiger charge is 2.34. The van der Waals surface area contributed by atoms with Crippen molar-refractivity contribution in [3.8, 4) is 11.8 Å². The predicted octanol–water partition coefficient (Wildman–Crippen LogP) is 6.15. The molecule has 0 aliphatic carbocycles. The number of hydrogen-bond donors (Lipinski definition) is 1. The van der Waals surface area contributed by atoms with Crippen LogP contribution in [-0.2, 0) is 25.6 Å². The lowest BCUT2D eigenvalue weighted by molar-refractivity contribution is -0.138. The van der Waals surface area contributed by atoms with Crippen LogP contribution in [-0.4, -0.2) is 36.1 Å². The standard InChI is InChI=1S/C32H31F4N3/c33-31-27(16-13-25-9-6-4-2-1-3-5-7-10-25)11-8-12-28(31)17-14-26-15-18-29(30(23-26)32(34,35)36)24-38-19-21-39(37)22-20-38/h1-12,15,18,23H,14,17,19-22,24,37H2. The number of aryl methyl sites for hydroxylation is 2. The topological polar surface area (TPSA) is 32.5 Å². The number of alkyl halides is 3. The fourth-order valence-corrected chi connectivity index (χ4v) is 4.41. The third kappa shape index (κ3) is 8.39. The first-order valence-corrected chi connectivity index (χ1v) is 12.9.